The fourth-order valence-corrected chi connectivity index (χ4v) is 8.46. The Kier molecular flexibility index (Phi) is 5.35. The van der Waals surface area contributed by atoms with Gasteiger partial charge in [0.2, 0.25) is 0 Å². The van der Waals surface area contributed by atoms with Gasteiger partial charge in [-0.3, -0.25) is 4.79 Å². The average molecular weight is 426 g/mol. The van der Waals surface area contributed by atoms with Crippen molar-refractivity contribution in [2.75, 3.05) is 7.11 Å². The topological polar surface area (TPSA) is 58.6 Å². The highest BCUT2D eigenvalue weighted by Gasteiger charge is 2.66. The van der Waals surface area contributed by atoms with Gasteiger partial charge in [-0.2, -0.15) is 5.48 Å². The second-order valence-corrected chi connectivity index (χ2v) is 11.3. The smallest absolute Gasteiger partial charge is 0.156 e. The molecule has 0 aromatic heterocycles. The first-order valence-electron chi connectivity index (χ1n) is 12.4. The molecule has 0 aromatic rings. The van der Waals surface area contributed by atoms with Crippen LogP contribution in [0.3, 0.4) is 0 Å². The number of carbonyl (C=O) groups excluding carboxylic acids is 1. The van der Waals surface area contributed by atoms with E-state index in [0.717, 1.165) is 44.9 Å². The van der Waals surface area contributed by atoms with Crippen LogP contribution in [0.5, 0.6) is 0 Å². The third kappa shape index (κ3) is 3.16. The largest absolute Gasteiger partial charge is 0.389 e. The van der Waals surface area contributed by atoms with Gasteiger partial charge in [-0.05, 0) is 92.6 Å². The van der Waals surface area contributed by atoms with Gasteiger partial charge in [-0.25, -0.2) is 0 Å². The second kappa shape index (κ2) is 7.67. The lowest BCUT2D eigenvalue weighted by molar-refractivity contribution is -0.181. The van der Waals surface area contributed by atoms with Crippen LogP contribution in [0, 0.1) is 28.6 Å². The maximum atomic E-state index is 12.4. The van der Waals surface area contributed by atoms with Crippen LogP contribution in [0.2, 0.25) is 0 Å². The number of hydrogen-bond donors (Lipinski definition) is 2. The van der Waals surface area contributed by atoms with Gasteiger partial charge in [-0.15, -0.1) is 0 Å². The molecule has 31 heavy (non-hydrogen) atoms. The number of fused-ring (bicyclic) bond motifs is 5. The molecule has 0 bridgehead atoms. The standard InChI is InChI=1S/C27H39NO3/c1-25-14-11-20(28-31-3)17-19(25)8-10-24-23(25)12-15-26(2)22(13-16-27(24,26)30)18-5-4-6-21(29)9-7-18/h5,7,9,17,20,22-24,28,30H,4,6,8,10-16H2,1-3H3/t20?,22-,23?,24?,25+,26-,27+/m1/s1. The number of allylic oxidation sites excluding steroid dienone is 5. The first-order chi connectivity index (χ1) is 14.8. The monoisotopic (exact) mass is 425 g/mol. The first-order valence-corrected chi connectivity index (χ1v) is 12.4. The number of carbonyl (C=O) groups is 1. The Hall–Kier alpha value is -1.23. The van der Waals surface area contributed by atoms with Gasteiger partial charge in [0.05, 0.1) is 18.8 Å². The Labute approximate surface area is 187 Å². The average Bonchev–Trinajstić information content (AvgIpc) is 2.86. The van der Waals surface area contributed by atoms with Crippen molar-refractivity contribution in [3.63, 3.8) is 0 Å². The van der Waals surface area contributed by atoms with E-state index in [0.29, 0.717) is 30.2 Å². The Balaban J connectivity index is 1.44. The number of aliphatic hydroxyl groups is 1. The third-order valence-electron chi connectivity index (χ3n) is 10.2. The van der Waals surface area contributed by atoms with Crippen molar-refractivity contribution in [3.8, 4) is 0 Å². The van der Waals surface area contributed by atoms with Crippen molar-refractivity contribution in [2.45, 2.75) is 89.7 Å². The molecule has 0 amide bonds. The minimum atomic E-state index is -0.595. The van der Waals surface area contributed by atoms with E-state index < -0.39 is 5.60 Å². The lowest BCUT2D eigenvalue weighted by Crippen LogP contribution is -2.61. The molecule has 3 fully saturated rings. The van der Waals surface area contributed by atoms with Crippen molar-refractivity contribution >= 4 is 5.78 Å². The molecule has 0 aromatic carbocycles. The molecule has 5 aliphatic carbocycles. The van der Waals surface area contributed by atoms with E-state index in [1.54, 1.807) is 18.8 Å². The van der Waals surface area contributed by atoms with Crippen molar-refractivity contribution in [2.24, 2.45) is 28.6 Å². The molecule has 3 saturated carbocycles. The van der Waals surface area contributed by atoms with E-state index >= 15 is 0 Å². The van der Waals surface area contributed by atoms with E-state index in [9.17, 15) is 9.90 Å². The molecule has 0 radical (unpaired) electrons. The molecular formula is C27H39NO3. The minimum absolute atomic E-state index is 0.0931. The molecular weight excluding hydrogens is 386 g/mol. The molecule has 0 heterocycles. The number of nitrogens with one attached hydrogen (secondary N) is 1. The van der Waals surface area contributed by atoms with Gasteiger partial charge in [0.15, 0.2) is 5.78 Å². The van der Waals surface area contributed by atoms with Gasteiger partial charge in [0, 0.05) is 11.8 Å². The summed E-state index contributed by atoms with van der Waals surface area (Å²) in [5, 5.41) is 12.4. The SMILES string of the molecule is CONC1C=C2CCC3C(CC[C@]4(C)[C@@H](C5=CCCC(=O)C=C5)CC[C@]34O)[C@@]2(C)CC1. The zero-order chi connectivity index (χ0) is 21.9. The van der Waals surface area contributed by atoms with Crippen LogP contribution < -0.4 is 5.48 Å². The summed E-state index contributed by atoms with van der Waals surface area (Å²) in [7, 11) is 1.70. The molecule has 170 valence electrons. The summed E-state index contributed by atoms with van der Waals surface area (Å²) in [5.41, 5.74) is 5.55. The predicted molar refractivity (Wildman–Crippen MR) is 122 cm³/mol. The van der Waals surface area contributed by atoms with Crippen LogP contribution in [-0.4, -0.2) is 29.6 Å². The van der Waals surface area contributed by atoms with Crippen molar-refractivity contribution < 1.29 is 14.7 Å². The third-order valence-corrected chi connectivity index (χ3v) is 10.2. The van der Waals surface area contributed by atoms with Crippen LogP contribution in [0.1, 0.15) is 78.1 Å². The van der Waals surface area contributed by atoms with Gasteiger partial charge in [0.25, 0.3) is 0 Å². The predicted octanol–water partition coefficient (Wildman–Crippen LogP) is 5.05. The molecule has 2 N–H and O–H groups in total. The number of hydrogen-bond acceptors (Lipinski definition) is 4. The fourth-order valence-electron chi connectivity index (χ4n) is 8.46. The van der Waals surface area contributed by atoms with Crippen LogP contribution in [0.15, 0.2) is 35.5 Å². The molecule has 4 nitrogen and oxygen atoms in total. The molecule has 0 spiro atoms. The number of rotatable bonds is 3. The zero-order valence-corrected chi connectivity index (χ0v) is 19.5. The highest BCUT2D eigenvalue weighted by atomic mass is 16.6. The van der Waals surface area contributed by atoms with Crippen LogP contribution in [-0.2, 0) is 9.63 Å². The van der Waals surface area contributed by atoms with E-state index in [1.165, 1.54) is 18.4 Å². The maximum absolute atomic E-state index is 12.4. The number of ketones is 1. The summed E-state index contributed by atoms with van der Waals surface area (Å²) in [4.78, 5) is 17.1. The lowest BCUT2D eigenvalue weighted by Gasteiger charge is -2.62. The normalized spacial score (nSPS) is 47.0. The van der Waals surface area contributed by atoms with Crippen molar-refractivity contribution in [1.82, 2.24) is 5.48 Å². The fraction of sp³-hybridized carbons (Fsp3) is 0.741. The Morgan fingerprint density at radius 3 is 2.68 bits per heavy atom. The molecule has 5 rings (SSSR count). The van der Waals surface area contributed by atoms with E-state index in [-0.39, 0.29) is 16.6 Å². The molecule has 3 unspecified atom stereocenters. The summed E-state index contributed by atoms with van der Waals surface area (Å²) in [6.07, 6.45) is 18.7. The summed E-state index contributed by atoms with van der Waals surface area (Å²) < 4.78 is 0. The summed E-state index contributed by atoms with van der Waals surface area (Å²) in [5.74, 6) is 1.54. The number of hydroxylamine groups is 1. The summed E-state index contributed by atoms with van der Waals surface area (Å²) >= 11 is 0. The Bertz CT molecular complexity index is 843. The summed E-state index contributed by atoms with van der Waals surface area (Å²) in [6.45, 7) is 4.83. The first kappa shape index (κ1) is 21.6. The van der Waals surface area contributed by atoms with Crippen LogP contribution in [0.4, 0.5) is 0 Å². The lowest BCUT2D eigenvalue weighted by atomic mass is 9.45. The Morgan fingerprint density at radius 1 is 1.03 bits per heavy atom. The van der Waals surface area contributed by atoms with Crippen LogP contribution in [0.25, 0.3) is 0 Å². The Morgan fingerprint density at radius 2 is 1.87 bits per heavy atom. The van der Waals surface area contributed by atoms with Gasteiger partial charge in [-0.1, -0.05) is 37.6 Å². The van der Waals surface area contributed by atoms with Crippen molar-refractivity contribution in [1.29, 1.82) is 0 Å². The molecule has 0 saturated heterocycles. The van der Waals surface area contributed by atoms with Gasteiger partial charge >= 0.3 is 0 Å². The van der Waals surface area contributed by atoms with Gasteiger partial charge < -0.3 is 9.94 Å². The molecule has 5 aliphatic rings. The minimum Gasteiger partial charge on any atom is -0.389 e. The van der Waals surface area contributed by atoms with E-state index in [1.807, 2.05) is 0 Å². The molecule has 7 atom stereocenters. The van der Waals surface area contributed by atoms with E-state index in [4.69, 9.17) is 4.84 Å². The van der Waals surface area contributed by atoms with Crippen molar-refractivity contribution in [3.05, 3.63) is 35.5 Å². The highest BCUT2D eigenvalue weighted by molar-refractivity contribution is 5.90. The van der Waals surface area contributed by atoms with E-state index in [2.05, 4.69) is 37.6 Å². The van der Waals surface area contributed by atoms with Crippen LogP contribution >= 0.6 is 0 Å². The quantitative estimate of drug-likeness (QED) is 0.491. The van der Waals surface area contributed by atoms with Gasteiger partial charge in [0.1, 0.15) is 0 Å². The second-order valence-electron chi connectivity index (χ2n) is 11.3. The molecule has 0 aliphatic heterocycles. The zero-order valence-electron chi connectivity index (χ0n) is 19.5. The highest BCUT2D eigenvalue weighted by Crippen LogP contribution is 2.69. The maximum Gasteiger partial charge on any atom is 0.156 e. The summed E-state index contributed by atoms with van der Waals surface area (Å²) in [6, 6.07) is 0.314. The molecule has 4 heteroatoms.